The number of nitrogens with zero attached hydrogens (tertiary/aromatic N) is 5. The normalized spacial score (nSPS) is 18.9. The molecule has 2 aliphatic heterocycles. The van der Waals surface area contributed by atoms with Crippen molar-refractivity contribution in [3.63, 3.8) is 0 Å². The molecule has 0 aliphatic carbocycles. The monoisotopic (exact) mass is 419 g/mol. The van der Waals surface area contributed by atoms with E-state index in [9.17, 15) is 4.79 Å². The molecule has 2 aliphatic rings. The molecule has 9 nitrogen and oxygen atoms in total. The Morgan fingerprint density at radius 3 is 2.81 bits per heavy atom. The van der Waals surface area contributed by atoms with Crippen molar-refractivity contribution in [1.82, 2.24) is 24.8 Å². The second-order valence-electron chi connectivity index (χ2n) is 7.74. The Hall–Kier alpha value is -3.46. The van der Waals surface area contributed by atoms with E-state index in [1.54, 1.807) is 12.4 Å². The average Bonchev–Trinajstić information content (AvgIpc) is 3.53. The summed E-state index contributed by atoms with van der Waals surface area (Å²) in [6.45, 7) is 4.11. The van der Waals surface area contributed by atoms with E-state index in [1.807, 2.05) is 41.4 Å². The van der Waals surface area contributed by atoms with Gasteiger partial charge in [-0.25, -0.2) is 15.0 Å². The zero-order valence-electron chi connectivity index (χ0n) is 17.2. The molecule has 31 heavy (non-hydrogen) atoms. The quantitative estimate of drug-likeness (QED) is 0.653. The summed E-state index contributed by atoms with van der Waals surface area (Å²) in [6.07, 6.45) is 6.30. The molecule has 1 unspecified atom stereocenters. The maximum absolute atomic E-state index is 12.6. The Labute approximate surface area is 180 Å². The van der Waals surface area contributed by atoms with Crippen LogP contribution < -0.4 is 10.2 Å². The fourth-order valence-electron chi connectivity index (χ4n) is 3.96. The highest BCUT2D eigenvalue weighted by molar-refractivity contribution is 5.94. The zero-order chi connectivity index (χ0) is 21.0. The van der Waals surface area contributed by atoms with Gasteiger partial charge in [0.05, 0.1) is 30.2 Å². The van der Waals surface area contributed by atoms with Crippen LogP contribution in [0.25, 0.3) is 11.4 Å². The second kappa shape index (κ2) is 8.73. The highest BCUT2D eigenvalue weighted by Gasteiger charge is 2.25. The number of hydrogen-bond acceptors (Lipinski definition) is 7. The number of amides is 1. The van der Waals surface area contributed by atoms with Crippen LogP contribution in [0, 0.1) is 0 Å². The van der Waals surface area contributed by atoms with Gasteiger partial charge in [-0.3, -0.25) is 4.79 Å². The van der Waals surface area contributed by atoms with Crippen molar-refractivity contribution in [2.75, 3.05) is 49.6 Å². The minimum atomic E-state index is 0.00786. The number of nitrogens with one attached hydrogen (secondary N) is 2. The number of pyridine rings is 1. The van der Waals surface area contributed by atoms with Gasteiger partial charge in [-0.05, 0) is 36.8 Å². The molecular formula is C22H25N7O2. The van der Waals surface area contributed by atoms with Crippen LogP contribution in [-0.2, 0) is 4.74 Å². The van der Waals surface area contributed by atoms with E-state index < -0.39 is 0 Å². The summed E-state index contributed by atoms with van der Waals surface area (Å²) in [5.74, 6) is 1.51. The molecule has 0 radical (unpaired) electrons. The third-order valence-corrected chi connectivity index (χ3v) is 5.65. The van der Waals surface area contributed by atoms with Crippen LogP contribution in [0.5, 0.6) is 0 Å². The number of H-pyrrole nitrogens is 1. The number of rotatable bonds is 5. The highest BCUT2D eigenvalue weighted by Crippen LogP contribution is 2.22. The van der Waals surface area contributed by atoms with Crippen LogP contribution in [-0.4, -0.2) is 76.2 Å². The van der Waals surface area contributed by atoms with Gasteiger partial charge in [0.25, 0.3) is 5.91 Å². The molecule has 160 valence electrons. The Bertz CT molecular complexity index is 1020. The van der Waals surface area contributed by atoms with Gasteiger partial charge < -0.3 is 24.8 Å². The molecule has 3 aromatic rings. The lowest BCUT2D eigenvalue weighted by Gasteiger charge is -2.26. The summed E-state index contributed by atoms with van der Waals surface area (Å²) in [6, 6.07) is 9.82. The summed E-state index contributed by atoms with van der Waals surface area (Å²) >= 11 is 0. The molecule has 0 spiro atoms. The van der Waals surface area contributed by atoms with Crippen molar-refractivity contribution < 1.29 is 9.53 Å². The summed E-state index contributed by atoms with van der Waals surface area (Å²) in [5, 5.41) is 3.47. The maximum Gasteiger partial charge on any atom is 0.255 e. The van der Waals surface area contributed by atoms with E-state index in [2.05, 4.69) is 25.2 Å². The number of ether oxygens (including phenoxy) is 1. The van der Waals surface area contributed by atoms with E-state index in [0.717, 1.165) is 42.7 Å². The molecule has 2 fully saturated rings. The minimum absolute atomic E-state index is 0.00786. The lowest BCUT2D eigenvalue weighted by molar-refractivity contribution is 0.0302. The summed E-state index contributed by atoms with van der Waals surface area (Å²) < 4.78 is 5.31. The molecule has 1 amide bonds. The third kappa shape index (κ3) is 4.36. The fraction of sp³-hybridized carbons (Fsp3) is 0.364. The van der Waals surface area contributed by atoms with E-state index in [-0.39, 0.29) is 11.9 Å². The van der Waals surface area contributed by atoms with Crippen LogP contribution in [0.4, 0.5) is 11.8 Å². The van der Waals surface area contributed by atoms with Gasteiger partial charge in [-0.15, -0.1) is 0 Å². The first-order valence-electron chi connectivity index (χ1n) is 10.6. The molecule has 9 heteroatoms. The van der Waals surface area contributed by atoms with Crippen molar-refractivity contribution in [2.24, 2.45) is 0 Å². The van der Waals surface area contributed by atoms with Crippen molar-refractivity contribution in [1.29, 1.82) is 0 Å². The predicted octanol–water partition coefficient (Wildman–Crippen LogP) is 2.03. The van der Waals surface area contributed by atoms with Crippen LogP contribution in [0.1, 0.15) is 16.8 Å². The topological polar surface area (TPSA) is 99.3 Å². The number of hydrogen-bond donors (Lipinski definition) is 2. The molecular weight excluding hydrogens is 394 g/mol. The van der Waals surface area contributed by atoms with E-state index >= 15 is 0 Å². The molecule has 2 saturated heterocycles. The number of aromatic amines is 1. The molecule has 1 atom stereocenters. The van der Waals surface area contributed by atoms with Gasteiger partial charge in [0.2, 0.25) is 5.95 Å². The first-order chi connectivity index (χ1) is 15.3. The van der Waals surface area contributed by atoms with Gasteiger partial charge in [0, 0.05) is 50.8 Å². The fourth-order valence-corrected chi connectivity index (χ4v) is 3.96. The largest absolute Gasteiger partial charge is 0.378 e. The number of morpholine rings is 1. The molecule has 0 saturated carbocycles. The first kappa shape index (κ1) is 19.5. The van der Waals surface area contributed by atoms with E-state index in [0.29, 0.717) is 31.9 Å². The standard InChI is InChI=1S/C22H25N7O2/c30-21(28-10-12-31-13-11-28)16-3-4-20(25-14-16)26-17-6-9-29(15-17)22-24-8-5-19(27-22)18-2-1-7-23-18/h1-5,7-8,14,17,23H,6,9-13,15H2,(H,25,26). The SMILES string of the molecule is O=C(c1ccc(NC2CCN(c3nccc(-c4ccc[nH]4)n3)C2)nc1)N1CCOCC1. The molecule has 0 bridgehead atoms. The highest BCUT2D eigenvalue weighted by atomic mass is 16.5. The maximum atomic E-state index is 12.6. The average molecular weight is 419 g/mol. The van der Waals surface area contributed by atoms with Crippen molar-refractivity contribution in [2.45, 2.75) is 12.5 Å². The smallest absolute Gasteiger partial charge is 0.255 e. The summed E-state index contributed by atoms with van der Waals surface area (Å²) in [4.78, 5) is 33.3. The van der Waals surface area contributed by atoms with Gasteiger partial charge in [0.1, 0.15) is 5.82 Å². The number of anilines is 2. The predicted molar refractivity (Wildman–Crippen MR) is 117 cm³/mol. The first-order valence-corrected chi connectivity index (χ1v) is 10.6. The van der Waals surface area contributed by atoms with Gasteiger partial charge in [-0.2, -0.15) is 0 Å². The van der Waals surface area contributed by atoms with Gasteiger partial charge in [0.15, 0.2) is 0 Å². The van der Waals surface area contributed by atoms with Crippen molar-refractivity contribution >= 4 is 17.7 Å². The zero-order valence-corrected chi connectivity index (χ0v) is 17.2. The third-order valence-electron chi connectivity index (χ3n) is 5.65. The molecule has 3 aromatic heterocycles. The van der Waals surface area contributed by atoms with Gasteiger partial charge in [-0.1, -0.05) is 0 Å². The van der Waals surface area contributed by atoms with Crippen molar-refractivity contribution in [3.8, 4) is 11.4 Å². The number of carbonyl (C=O) groups excluding carboxylic acids is 1. The molecule has 0 aromatic carbocycles. The Morgan fingerprint density at radius 2 is 2.03 bits per heavy atom. The second-order valence-corrected chi connectivity index (χ2v) is 7.74. The lowest BCUT2D eigenvalue weighted by Crippen LogP contribution is -2.40. The van der Waals surface area contributed by atoms with Crippen LogP contribution >= 0.6 is 0 Å². The minimum Gasteiger partial charge on any atom is -0.378 e. The Morgan fingerprint density at radius 1 is 1.13 bits per heavy atom. The summed E-state index contributed by atoms with van der Waals surface area (Å²) in [5.41, 5.74) is 2.47. The van der Waals surface area contributed by atoms with E-state index in [4.69, 9.17) is 9.72 Å². The van der Waals surface area contributed by atoms with E-state index in [1.165, 1.54) is 0 Å². The lowest BCUT2D eigenvalue weighted by atomic mass is 10.2. The van der Waals surface area contributed by atoms with Gasteiger partial charge >= 0.3 is 0 Å². The Kier molecular flexibility index (Phi) is 5.49. The van der Waals surface area contributed by atoms with Crippen LogP contribution in [0.2, 0.25) is 0 Å². The van der Waals surface area contributed by atoms with Crippen LogP contribution in [0.3, 0.4) is 0 Å². The summed E-state index contributed by atoms with van der Waals surface area (Å²) in [7, 11) is 0. The molecule has 5 heterocycles. The van der Waals surface area contributed by atoms with Crippen LogP contribution in [0.15, 0.2) is 48.9 Å². The number of carbonyl (C=O) groups is 1. The Balaban J connectivity index is 1.19. The molecule has 5 rings (SSSR count). The number of aromatic nitrogens is 4. The molecule has 2 N–H and O–H groups in total. The van der Waals surface area contributed by atoms with Crippen molar-refractivity contribution in [3.05, 3.63) is 54.5 Å².